The second kappa shape index (κ2) is 9.67. The van der Waals surface area contributed by atoms with Crippen molar-refractivity contribution in [3.8, 4) is 0 Å². The molecule has 5 aromatic carbocycles. The Bertz CT molecular complexity index is 1610. The molecule has 5 aromatic rings. The molecule has 40 heavy (non-hydrogen) atoms. The molecule has 2 aliphatic heterocycles. The second-order valence-electron chi connectivity index (χ2n) is 9.96. The summed E-state index contributed by atoms with van der Waals surface area (Å²) in [6.45, 7) is 0. The van der Waals surface area contributed by atoms with Crippen molar-refractivity contribution in [2.75, 3.05) is 0 Å². The normalized spacial score (nSPS) is 19.0. The average molecular weight is 523 g/mol. The van der Waals surface area contributed by atoms with Crippen molar-refractivity contribution in [1.82, 2.24) is 0 Å². The molecule has 194 valence electrons. The summed E-state index contributed by atoms with van der Waals surface area (Å²) < 4.78 is 20.0. The summed E-state index contributed by atoms with van der Waals surface area (Å²) in [5, 5.41) is 0. The van der Waals surface area contributed by atoms with E-state index in [9.17, 15) is 4.79 Å². The summed E-state index contributed by atoms with van der Waals surface area (Å²) in [4.78, 5) is 13.2. The van der Waals surface area contributed by atoms with Gasteiger partial charge in [-0.2, -0.15) is 0 Å². The molecule has 0 bridgehead atoms. The van der Waals surface area contributed by atoms with E-state index in [0.29, 0.717) is 23.3 Å². The maximum atomic E-state index is 13.2. The molecule has 0 aliphatic carbocycles. The van der Waals surface area contributed by atoms with Crippen molar-refractivity contribution in [2.24, 2.45) is 0 Å². The minimum atomic E-state index is -1.78. The number of fused-ring (bicyclic) bond motifs is 2. The quantitative estimate of drug-likeness (QED) is 0.226. The van der Waals surface area contributed by atoms with Crippen LogP contribution in [-0.2, 0) is 25.8 Å². The van der Waals surface area contributed by atoms with Crippen molar-refractivity contribution in [2.45, 2.75) is 18.0 Å². The number of benzene rings is 5. The minimum Gasteiger partial charge on any atom is -0.430 e. The number of carbonyl (C=O) groups excluding carboxylic acids is 1. The van der Waals surface area contributed by atoms with Gasteiger partial charge in [-0.15, -0.1) is 0 Å². The summed E-state index contributed by atoms with van der Waals surface area (Å²) in [5.41, 5.74) is 4.73. The summed E-state index contributed by atoms with van der Waals surface area (Å²) in [6, 6.07) is 47.8. The van der Waals surface area contributed by atoms with Crippen LogP contribution in [0.2, 0.25) is 0 Å². The molecule has 4 nitrogen and oxygen atoms in total. The fourth-order valence-corrected chi connectivity index (χ4v) is 5.76. The molecule has 0 aromatic heterocycles. The average Bonchev–Trinajstić information content (AvgIpc) is 3.29. The van der Waals surface area contributed by atoms with E-state index in [1.807, 2.05) is 91.0 Å². The van der Waals surface area contributed by atoms with E-state index < -0.39 is 17.5 Å². The predicted octanol–water partition coefficient (Wildman–Crippen LogP) is 7.81. The number of hydrogen-bond acceptors (Lipinski definition) is 4. The minimum absolute atomic E-state index is 0.377. The van der Waals surface area contributed by atoms with E-state index in [-0.39, 0.29) is 0 Å². The van der Waals surface area contributed by atoms with E-state index >= 15 is 0 Å². The number of ether oxygens (including phenoxy) is 3. The van der Waals surface area contributed by atoms with E-state index in [1.54, 1.807) is 6.07 Å². The smallest absolute Gasteiger partial charge is 0.405 e. The molecule has 0 saturated carbocycles. The van der Waals surface area contributed by atoms with Gasteiger partial charge < -0.3 is 9.47 Å². The molecule has 7 rings (SSSR count). The zero-order valence-electron chi connectivity index (χ0n) is 21.7. The van der Waals surface area contributed by atoms with Gasteiger partial charge in [0.25, 0.3) is 0 Å². The molecular weight excluding hydrogens is 496 g/mol. The van der Waals surface area contributed by atoms with Crippen molar-refractivity contribution < 1.29 is 19.0 Å². The van der Waals surface area contributed by atoms with Crippen LogP contribution in [0, 0.1) is 0 Å². The van der Waals surface area contributed by atoms with Gasteiger partial charge in [0.2, 0.25) is 0 Å². The van der Waals surface area contributed by atoms with E-state index in [0.717, 1.165) is 27.8 Å². The lowest BCUT2D eigenvalue weighted by molar-refractivity contribution is -0.402. The first-order valence-electron chi connectivity index (χ1n) is 13.4. The van der Waals surface area contributed by atoms with Gasteiger partial charge in [-0.25, -0.2) is 4.79 Å². The van der Waals surface area contributed by atoms with Crippen molar-refractivity contribution in [1.29, 1.82) is 0 Å². The van der Waals surface area contributed by atoms with Gasteiger partial charge in [-0.1, -0.05) is 133 Å². The first-order chi connectivity index (χ1) is 19.7. The number of rotatable bonds is 4. The maximum absolute atomic E-state index is 13.2. The van der Waals surface area contributed by atoms with Crippen LogP contribution in [0.3, 0.4) is 0 Å². The van der Waals surface area contributed by atoms with Crippen LogP contribution in [0.1, 0.15) is 44.6 Å². The van der Waals surface area contributed by atoms with Crippen LogP contribution in [0.15, 0.2) is 151 Å². The van der Waals surface area contributed by atoms with Crippen molar-refractivity contribution in [3.05, 3.63) is 185 Å². The molecule has 1 fully saturated rings. The van der Waals surface area contributed by atoms with Gasteiger partial charge in [-0.05, 0) is 34.4 Å². The van der Waals surface area contributed by atoms with Gasteiger partial charge in [-0.3, -0.25) is 4.74 Å². The molecule has 1 spiro atoms. The fourth-order valence-electron chi connectivity index (χ4n) is 5.76. The number of esters is 1. The van der Waals surface area contributed by atoms with Gasteiger partial charge >= 0.3 is 11.9 Å². The second-order valence-corrected chi connectivity index (χ2v) is 9.96. The highest BCUT2D eigenvalue weighted by molar-refractivity contribution is 5.94. The highest BCUT2D eigenvalue weighted by Gasteiger charge is 2.60. The standard InChI is InChI=1S/C36H26O4/c37-34-30-23-13-14-24-31(30)36(39-34)38-32(33(26-15-5-1-6-16-26)27-17-7-2-8-18-27)25-35(40-36,28-19-9-3-10-20-28)29-21-11-4-12-22-29/h1-24H,25H2. The Morgan fingerprint density at radius 1 is 0.550 bits per heavy atom. The third kappa shape index (κ3) is 3.93. The Morgan fingerprint density at radius 3 is 1.57 bits per heavy atom. The SMILES string of the molecule is O=C1OC2(OC(=C(c3ccccc3)c3ccccc3)CC(c3ccccc3)(c3ccccc3)O2)c2ccccc21. The summed E-state index contributed by atoms with van der Waals surface area (Å²) in [7, 11) is 0. The van der Waals surface area contributed by atoms with Gasteiger partial charge in [0.1, 0.15) is 11.4 Å². The van der Waals surface area contributed by atoms with Crippen molar-refractivity contribution >= 4 is 11.5 Å². The van der Waals surface area contributed by atoms with Crippen LogP contribution < -0.4 is 0 Å². The monoisotopic (exact) mass is 522 g/mol. The first kappa shape index (κ1) is 24.1. The van der Waals surface area contributed by atoms with Crippen LogP contribution >= 0.6 is 0 Å². The number of hydrogen-bond donors (Lipinski definition) is 0. The number of carbonyl (C=O) groups is 1. The van der Waals surface area contributed by atoms with Crippen LogP contribution in [-0.4, -0.2) is 5.97 Å². The first-order valence-corrected chi connectivity index (χ1v) is 13.4. The third-order valence-corrected chi connectivity index (χ3v) is 7.56. The molecule has 1 saturated heterocycles. The summed E-state index contributed by atoms with van der Waals surface area (Å²) in [6.07, 6.45) is 0.377. The zero-order chi connectivity index (χ0) is 27.0. The highest BCUT2D eigenvalue weighted by Crippen LogP contribution is 2.55. The Kier molecular flexibility index (Phi) is 5.84. The zero-order valence-corrected chi connectivity index (χ0v) is 21.7. The van der Waals surface area contributed by atoms with E-state index in [2.05, 4.69) is 48.5 Å². The Balaban J connectivity index is 1.57. The molecule has 2 heterocycles. The Hall–Kier alpha value is -4.93. The molecule has 0 radical (unpaired) electrons. The van der Waals surface area contributed by atoms with E-state index in [1.165, 1.54) is 0 Å². The topological polar surface area (TPSA) is 44.8 Å². The molecule has 0 N–H and O–H groups in total. The molecular formula is C36H26O4. The lowest BCUT2D eigenvalue weighted by Crippen LogP contribution is -2.48. The molecule has 4 heteroatoms. The lowest BCUT2D eigenvalue weighted by Gasteiger charge is -2.47. The maximum Gasteiger partial charge on any atom is 0.405 e. The van der Waals surface area contributed by atoms with E-state index in [4.69, 9.17) is 14.2 Å². The Labute approximate surface area is 233 Å². The van der Waals surface area contributed by atoms with Crippen molar-refractivity contribution in [3.63, 3.8) is 0 Å². The van der Waals surface area contributed by atoms with Crippen LogP contribution in [0.25, 0.3) is 5.57 Å². The molecule has 0 amide bonds. The molecule has 2 aliphatic rings. The van der Waals surface area contributed by atoms with Crippen LogP contribution in [0.5, 0.6) is 0 Å². The highest BCUT2D eigenvalue weighted by atomic mass is 16.9. The molecule has 1 unspecified atom stereocenters. The molecule has 1 atom stereocenters. The third-order valence-electron chi connectivity index (χ3n) is 7.56. The van der Waals surface area contributed by atoms with Gasteiger partial charge in [0, 0.05) is 12.0 Å². The van der Waals surface area contributed by atoms with Gasteiger partial charge in [0.15, 0.2) is 0 Å². The summed E-state index contributed by atoms with van der Waals surface area (Å²) in [5.74, 6) is -1.59. The Morgan fingerprint density at radius 2 is 1.02 bits per heavy atom. The fraction of sp³-hybridized carbons (Fsp3) is 0.0833. The van der Waals surface area contributed by atoms with Crippen LogP contribution in [0.4, 0.5) is 0 Å². The van der Waals surface area contributed by atoms with Gasteiger partial charge in [0.05, 0.1) is 11.1 Å². The summed E-state index contributed by atoms with van der Waals surface area (Å²) >= 11 is 0. The largest absolute Gasteiger partial charge is 0.430 e. The predicted molar refractivity (Wildman–Crippen MR) is 153 cm³/mol. The lowest BCUT2D eigenvalue weighted by atomic mass is 9.80.